The van der Waals surface area contributed by atoms with Gasteiger partial charge in [0.1, 0.15) is 0 Å². The van der Waals surface area contributed by atoms with E-state index >= 15 is 0 Å². The van der Waals surface area contributed by atoms with Crippen LogP contribution >= 0.6 is 11.3 Å². The predicted molar refractivity (Wildman–Crippen MR) is 84.2 cm³/mol. The highest BCUT2D eigenvalue weighted by Crippen LogP contribution is 2.22. The summed E-state index contributed by atoms with van der Waals surface area (Å²) in [7, 11) is 0. The fourth-order valence-electron chi connectivity index (χ4n) is 2.07. The van der Waals surface area contributed by atoms with Gasteiger partial charge in [-0.1, -0.05) is 0 Å². The van der Waals surface area contributed by atoms with Crippen LogP contribution in [0.25, 0.3) is 0 Å². The molecule has 2 rings (SSSR count). The van der Waals surface area contributed by atoms with Crippen LogP contribution in [-0.2, 0) is 13.1 Å². The molecule has 0 aliphatic rings. The Balaban J connectivity index is 1.81. The smallest absolute Gasteiger partial charge is 0.185 e. The molecule has 0 amide bonds. The van der Waals surface area contributed by atoms with E-state index in [9.17, 15) is 0 Å². The molecule has 0 saturated carbocycles. The molecule has 2 aromatic rings. The Bertz CT molecular complexity index is 489. The molecule has 0 radical (unpaired) electrons. The summed E-state index contributed by atoms with van der Waals surface area (Å²) in [6.07, 6.45) is 7.63. The third-order valence-corrected chi connectivity index (χ3v) is 4.30. The molecule has 2 heterocycles. The zero-order valence-corrected chi connectivity index (χ0v) is 13.2. The van der Waals surface area contributed by atoms with E-state index in [0.717, 1.165) is 31.3 Å². The van der Waals surface area contributed by atoms with E-state index in [4.69, 9.17) is 0 Å². The first-order valence-electron chi connectivity index (χ1n) is 7.11. The van der Waals surface area contributed by atoms with Crippen molar-refractivity contribution in [3.63, 3.8) is 0 Å². The van der Waals surface area contributed by atoms with Crippen molar-refractivity contribution in [1.29, 1.82) is 0 Å². The van der Waals surface area contributed by atoms with Gasteiger partial charge in [-0.15, -0.1) is 11.3 Å². The van der Waals surface area contributed by atoms with Gasteiger partial charge in [0.05, 0.1) is 6.33 Å². The summed E-state index contributed by atoms with van der Waals surface area (Å²) in [4.78, 5) is 12.1. The van der Waals surface area contributed by atoms with E-state index in [1.165, 1.54) is 4.88 Å². The van der Waals surface area contributed by atoms with Gasteiger partial charge in [0.25, 0.3) is 0 Å². The number of rotatable bonds is 8. The molecule has 0 aromatic carbocycles. The lowest BCUT2D eigenvalue weighted by Crippen LogP contribution is -2.29. The maximum Gasteiger partial charge on any atom is 0.185 e. The van der Waals surface area contributed by atoms with Crippen LogP contribution in [0.1, 0.15) is 25.6 Å². The highest BCUT2D eigenvalue weighted by Gasteiger charge is 2.08. The van der Waals surface area contributed by atoms with Gasteiger partial charge in [0.2, 0.25) is 0 Å². The Morgan fingerprint density at radius 1 is 1.40 bits per heavy atom. The second-order valence-electron chi connectivity index (χ2n) is 4.82. The van der Waals surface area contributed by atoms with Crippen LogP contribution in [0.3, 0.4) is 0 Å². The van der Waals surface area contributed by atoms with Crippen LogP contribution in [0.5, 0.6) is 0 Å². The molecule has 0 bridgehead atoms. The molecule has 6 heteroatoms. The zero-order chi connectivity index (χ0) is 14.4. The average molecular weight is 293 g/mol. The summed E-state index contributed by atoms with van der Waals surface area (Å²) < 4.78 is 2.09. The van der Waals surface area contributed by atoms with Gasteiger partial charge in [-0.05, 0) is 20.8 Å². The quantitative estimate of drug-likeness (QED) is 0.811. The fraction of sp³-hybridized carbons (Fsp3) is 0.571. The molecule has 0 saturated heterocycles. The molecule has 5 nitrogen and oxygen atoms in total. The van der Waals surface area contributed by atoms with Crippen LogP contribution < -0.4 is 10.2 Å². The third-order valence-electron chi connectivity index (χ3n) is 3.24. The van der Waals surface area contributed by atoms with Crippen LogP contribution in [0.15, 0.2) is 24.9 Å². The second-order valence-corrected chi connectivity index (χ2v) is 5.92. The maximum absolute atomic E-state index is 4.50. The number of anilines is 1. The van der Waals surface area contributed by atoms with Gasteiger partial charge in [-0.2, -0.15) is 0 Å². The summed E-state index contributed by atoms with van der Waals surface area (Å²) in [6.45, 7) is 10.3. The lowest BCUT2D eigenvalue weighted by atomic mass is 10.3. The first-order chi connectivity index (χ1) is 9.72. The second kappa shape index (κ2) is 7.40. The van der Waals surface area contributed by atoms with E-state index in [2.05, 4.69) is 45.5 Å². The normalized spacial score (nSPS) is 12.6. The number of thiazole rings is 1. The highest BCUT2D eigenvalue weighted by atomic mass is 32.1. The molecular formula is C14H23N5S. The minimum atomic E-state index is 0.406. The van der Waals surface area contributed by atoms with Crippen molar-refractivity contribution < 1.29 is 0 Å². The molecule has 20 heavy (non-hydrogen) atoms. The Morgan fingerprint density at radius 3 is 2.85 bits per heavy atom. The highest BCUT2D eigenvalue weighted by molar-refractivity contribution is 7.15. The fourth-order valence-corrected chi connectivity index (χ4v) is 3.06. The number of nitrogens with zero attached hydrogens (tertiary/aromatic N) is 4. The molecule has 0 aliphatic heterocycles. The predicted octanol–water partition coefficient (Wildman–Crippen LogP) is 2.36. The first kappa shape index (κ1) is 15.0. The van der Waals surface area contributed by atoms with E-state index in [-0.39, 0.29) is 0 Å². The number of hydrogen-bond donors (Lipinski definition) is 1. The SMILES string of the molecule is CCN(CC)c1ncc(CNC(C)Cn2ccnc2)s1. The van der Waals surface area contributed by atoms with Crippen molar-refractivity contribution in [1.82, 2.24) is 19.9 Å². The summed E-state index contributed by atoms with van der Waals surface area (Å²) in [5.74, 6) is 0. The number of imidazole rings is 1. The molecular weight excluding hydrogens is 270 g/mol. The summed E-state index contributed by atoms with van der Waals surface area (Å²) in [5.41, 5.74) is 0. The number of aromatic nitrogens is 3. The Kier molecular flexibility index (Phi) is 5.55. The van der Waals surface area contributed by atoms with E-state index < -0.39 is 0 Å². The van der Waals surface area contributed by atoms with E-state index in [1.807, 2.05) is 24.9 Å². The van der Waals surface area contributed by atoms with Crippen LogP contribution in [0.4, 0.5) is 5.13 Å². The van der Waals surface area contributed by atoms with E-state index in [0.29, 0.717) is 6.04 Å². The lowest BCUT2D eigenvalue weighted by molar-refractivity contribution is 0.478. The largest absolute Gasteiger partial charge is 0.349 e. The van der Waals surface area contributed by atoms with Gasteiger partial charge >= 0.3 is 0 Å². The van der Waals surface area contributed by atoms with Crippen molar-refractivity contribution in [2.24, 2.45) is 0 Å². The summed E-state index contributed by atoms with van der Waals surface area (Å²) >= 11 is 1.77. The lowest BCUT2D eigenvalue weighted by Gasteiger charge is -2.16. The van der Waals surface area contributed by atoms with Crippen LogP contribution in [0.2, 0.25) is 0 Å². The van der Waals surface area contributed by atoms with Gasteiger partial charge in [0, 0.05) is 55.7 Å². The van der Waals surface area contributed by atoms with Gasteiger partial charge < -0.3 is 14.8 Å². The van der Waals surface area contributed by atoms with Crippen LogP contribution in [-0.4, -0.2) is 33.7 Å². The third kappa shape index (κ3) is 4.05. The standard InChI is InChI=1S/C14H23N5S/c1-4-19(5-2)14-17-9-13(20-14)8-16-12(3)10-18-7-6-15-11-18/h6-7,9,11-12,16H,4-5,8,10H2,1-3H3. The van der Waals surface area contributed by atoms with E-state index in [1.54, 1.807) is 11.3 Å². The molecule has 110 valence electrons. The molecule has 1 unspecified atom stereocenters. The molecule has 0 spiro atoms. The Morgan fingerprint density at radius 2 is 2.20 bits per heavy atom. The van der Waals surface area contributed by atoms with Crippen molar-refractivity contribution in [3.05, 3.63) is 29.8 Å². The van der Waals surface area contributed by atoms with Crippen LogP contribution in [0, 0.1) is 0 Å². The van der Waals surface area contributed by atoms with Crippen molar-refractivity contribution in [2.75, 3.05) is 18.0 Å². The zero-order valence-electron chi connectivity index (χ0n) is 12.4. The number of hydrogen-bond acceptors (Lipinski definition) is 5. The van der Waals surface area contributed by atoms with Gasteiger partial charge in [-0.3, -0.25) is 0 Å². The van der Waals surface area contributed by atoms with Crippen molar-refractivity contribution in [2.45, 2.75) is 39.9 Å². The minimum Gasteiger partial charge on any atom is -0.349 e. The monoisotopic (exact) mass is 293 g/mol. The molecule has 1 atom stereocenters. The molecule has 1 N–H and O–H groups in total. The first-order valence-corrected chi connectivity index (χ1v) is 7.93. The Hall–Kier alpha value is -1.40. The minimum absolute atomic E-state index is 0.406. The van der Waals surface area contributed by atoms with Gasteiger partial charge in [0.15, 0.2) is 5.13 Å². The topological polar surface area (TPSA) is 46.0 Å². The summed E-state index contributed by atoms with van der Waals surface area (Å²) in [6, 6.07) is 0.406. The molecule has 0 fully saturated rings. The summed E-state index contributed by atoms with van der Waals surface area (Å²) in [5, 5.41) is 4.65. The van der Waals surface area contributed by atoms with Crippen molar-refractivity contribution >= 4 is 16.5 Å². The Labute approximate surface area is 124 Å². The maximum atomic E-state index is 4.50. The number of nitrogens with one attached hydrogen (secondary N) is 1. The van der Waals surface area contributed by atoms with Crippen molar-refractivity contribution in [3.8, 4) is 0 Å². The molecule has 2 aromatic heterocycles. The van der Waals surface area contributed by atoms with Gasteiger partial charge in [-0.25, -0.2) is 9.97 Å². The molecule has 0 aliphatic carbocycles. The average Bonchev–Trinajstić information content (AvgIpc) is 3.10.